The van der Waals surface area contributed by atoms with E-state index in [0.717, 1.165) is 24.0 Å². The van der Waals surface area contributed by atoms with Crippen LogP contribution in [0.5, 0.6) is 28.7 Å². The lowest BCUT2D eigenvalue weighted by Crippen LogP contribution is -2.28. The molecule has 2 aliphatic rings. The van der Waals surface area contributed by atoms with Crippen molar-refractivity contribution in [3.8, 4) is 28.7 Å². The minimum atomic E-state index is -0.0360. The first-order valence-corrected chi connectivity index (χ1v) is 10.3. The molecule has 31 heavy (non-hydrogen) atoms. The highest BCUT2D eigenvalue weighted by molar-refractivity contribution is 5.92. The van der Waals surface area contributed by atoms with Gasteiger partial charge in [0.2, 0.25) is 11.7 Å². The Kier molecular flexibility index (Phi) is 6.21. The van der Waals surface area contributed by atoms with Gasteiger partial charge in [0.05, 0.1) is 27.4 Å². The lowest BCUT2D eigenvalue weighted by atomic mass is 10.0. The summed E-state index contributed by atoms with van der Waals surface area (Å²) in [4.78, 5) is 14.9. The van der Waals surface area contributed by atoms with Crippen molar-refractivity contribution in [1.82, 2.24) is 4.90 Å². The van der Waals surface area contributed by atoms with Crippen LogP contribution in [0.15, 0.2) is 36.4 Å². The summed E-state index contributed by atoms with van der Waals surface area (Å²) in [7, 11) is 4.81. The summed E-state index contributed by atoms with van der Waals surface area (Å²) < 4.78 is 27.5. The molecule has 1 fully saturated rings. The summed E-state index contributed by atoms with van der Waals surface area (Å²) >= 11 is 0. The smallest absolute Gasteiger partial charge is 0.247 e. The molecule has 1 saturated heterocycles. The zero-order chi connectivity index (χ0) is 21.8. The average molecular weight is 425 g/mol. The number of nitrogens with zero attached hydrogens (tertiary/aromatic N) is 1. The van der Waals surface area contributed by atoms with Gasteiger partial charge in [-0.15, -0.1) is 0 Å². The Hall–Kier alpha value is -3.35. The van der Waals surface area contributed by atoms with Gasteiger partial charge in [0.15, 0.2) is 23.0 Å². The predicted molar refractivity (Wildman–Crippen MR) is 116 cm³/mol. The largest absolute Gasteiger partial charge is 0.493 e. The number of carbonyl (C=O) groups excluding carboxylic acids is 1. The highest BCUT2D eigenvalue weighted by Crippen LogP contribution is 2.41. The first-order chi connectivity index (χ1) is 15.1. The van der Waals surface area contributed by atoms with Crippen molar-refractivity contribution in [2.75, 3.05) is 41.1 Å². The van der Waals surface area contributed by atoms with Gasteiger partial charge in [-0.25, -0.2) is 0 Å². The zero-order valence-electron chi connectivity index (χ0n) is 18.1. The first kappa shape index (κ1) is 20.9. The Morgan fingerprint density at radius 3 is 2.55 bits per heavy atom. The number of likely N-dealkylation sites (tertiary alicyclic amines) is 1. The van der Waals surface area contributed by atoms with Crippen molar-refractivity contribution < 1.29 is 28.5 Å². The Bertz CT molecular complexity index is 969. The van der Waals surface area contributed by atoms with Crippen molar-refractivity contribution in [2.24, 2.45) is 0 Å². The molecule has 2 heterocycles. The molecule has 0 saturated carbocycles. The van der Waals surface area contributed by atoms with Crippen LogP contribution in [-0.2, 0) is 4.79 Å². The summed E-state index contributed by atoms with van der Waals surface area (Å²) in [6.45, 7) is 1.69. The van der Waals surface area contributed by atoms with E-state index < -0.39 is 0 Å². The van der Waals surface area contributed by atoms with Crippen molar-refractivity contribution in [2.45, 2.75) is 18.9 Å². The van der Waals surface area contributed by atoms with Crippen LogP contribution in [0.2, 0.25) is 0 Å². The molecular formula is C24H27NO6. The number of benzene rings is 2. The molecule has 0 aliphatic carbocycles. The fraction of sp³-hybridized carbons (Fsp3) is 0.375. The monoisotopic (exact) mass is 425 g/mol. The van der Waals surface area contributed by atoms with Gasteiger partial charge in [-0.2, -0.15) is 0 Å². The number of carbonyl (C=O) groups is 1. The molecule has 7 nitrogen and oxygen atoms in total. The van der Waals surface area contributed by atoms with E-state index >= 15 is 0 Å². The maximum Gasteiger partial charge on any atom is 0.247 e. The molecule has 2 aliphatic heterocycles. The van der Waals surface area contributed by atoms with Gasteiger partial charge in [-0.05, 0) is 54.3 Å². The van der Waals surface area contributed by atoms with Gasteiger partial charge in [-0.3, -0.25) is 4.79 Å². The second kappa shape index (κ2) is 9.20. The molecule has 1 atom stereocenters. The minimum absolute atomic E-state index is 0.00626. The van der Waals surface area contributed by atoms with E-state index in [1.54, 1.807) is 33.5 Å². The second-order valence-corrected chi connectivity index (χ2v) is 7.38. The Balaban J connectivity index is 1.53. The summed E-state index contributed by atoms with van der Waals surface area (Å²) in [6.07, 6.45) is 5.25. The molecule has 0 bridgehead atoms. The van der Waals surface area contributed by atoms with Crippen LogP contribution in [-0.4, -0.2) is 51.9 Å². The lowest BCUT2D eigenvalue weighted by molar-refractivity contribution is -0.126. The van der Waals surface area contributed by atoms with Crippen LogP contribution in [0.4, 0.5) is 0 Å². The molecular weight excluding hydrogens is 398 g/mol. The highest BCUT2D eigenvalue weighted by Gasteiger charge is 2.29. The third-order valence-corrected chi connectivity index (χ3v) is 5.60. The van der Waals surface area contributed by atoms with E-state index in [4.69, 9.17) is 23.7 Å². The molecule has 0 N–H and O–H groups in total. The molecule has 0 radical (unpaired) electrons. The third-order valence-electron chi connectivity index (χ3n) is 5.60. The number of ether oxygens (including phenoxy) is 5. The topological polar surface area (TPSA) is 66.5 Å². The molecule has 1 amide bonds. The fourth-order valence-electron chi connectivity index (χ4n) is 4.09. The van der Waals surface area contributed by atoms with E-state index in [9.17, 15) is 4.79 Å². The van der Waals surface area contributed by atoms with E-state index in [0.29, 0.717) is 48.5 Å². The molecule has 164 valence electrons. The number of methoxy groups -OCH3 is 3. The van der Waals surface area contributed by atoms with E-state index in [1.807, 2.05) is 35.2 Å². The van der Waals surface area contributed by atoms with Gasteiger partial charge < -0.3 is 28.6 Å². The third kappa shape index (κ3) is 4.26. The van der Waals surface area contributed by atoms with Crippen LogP contribution in [0.1, 0.15) is 30.0 Å². The van der Waals surface area contributed by atoms with Crippen LogP contribution in [0.3, 0.4) is 0 Å². The van der Waals surface area contributed by atoms with Crippen molar-refractivity contribution in [3.63, 3.8) is 0 Å². The second-order valence-electron chi connectivity index (χ2n) is 7.38. The number of hydrogen-bond acceptors (Lipinski definition) is 6. The predicted octanol–water partition coefficient (Wildman–Crippen LogP) is 3.86. The fourth-order valence-corrected chi connectivity index (χ4v) is 4.09. The van der Waals surface area contributed by atoms with E-state index in [2.05, 4.69) is 0 Å². The quantitative estimate of drug-likeness (QED) is 0.655. The maximum absolute atomic E-state index is 13.0. The number of hydrogen-bond donors (Lipinski definition) is 0. The number of fused-ring (bicyclic) bond motifs is 1. The minimum Gasteiger partial charge on any atom is -0.493 e. The summed E-state index contributed by atoms with van der Waals surface area (Å²) in [5, 5.41) is 0. The zero-order valence-corrected chi connectivity index (χ0v) is 18.1. The van der Waals surface area contributed by atoms with Crippen LogP contribution >= 0.6 is 0 Å². The first-order valence-electron chi connectivity index (χ1n) is 10.3. The van der Waals surface area contributed by atoms with Gasteiger partial charge in [0.25, 0.3) is 0 Å². The van der Waals surface area contributed by atoms with Gasteiger partial charge in [0.1, 0.15) is 13.2 Å². The average Bonchev–Trinajstić information content (AvgIpc) is 3.31. The summed E-state index contributed by atoms with van der Waals surface area (Å²) in [5.41, 5.74) is 1.86. The Morgan fingerprint density at radius 2 is 1.77 bits per heavy atom. The highest BCUT2D eigenvalue weighted by atomic mass is 16.6. The molecule has 7 heteroatoms. The van der Waals surface area contributed by atoms with Crippen molar-refractivity contribution in [3.05, 3.63) is 47.5 Å². The summed E-state index contributed by atoms with van der Waals surface area (Å²) in [6, 6.07) is 9.53. The summed E-state index contributed by atoms with van der Waals surface area (Å²) in [5.74, 6) is 3.12. The molecule has 1 unspecified atom stereocenters. The van der Waals surface area contributed by atoms with Gasteiger partial charge in [0, 0.05) is 12.6 Å². The van der Waals surface area contributed by atoms with Crippen LogP contribution in [0.25, 0.3) is 6.08 Å². The van der Waals surface area contributed by atoms with Gasteiger partial charge in [-0.1, -0.05) is 6.07 Å². The number of amides is 1. The molecule has 2 aromatic carbocycles. The standard InChI is InChI=1S/C24H27NO6/c1-27-19-8-7-17(15-20(19)28-2)18-5-4-10-25(18)23(26)9-6-16-13-21(29-3)24-22(14-16)30-11-12-31-24/h6-9,13-15,18H,4-5,10-12H2,1-3H3/b9-6+. The maximum atomic E-state index is 13.0. The normalized spacial score (nSPS) is 17.6. The SMILES string of the molecule is COc1ccc(C2CCCN2C(=O)/C=C/c2cc(OC)c3c(c2)OCCO3)cc1OC. The Labute approximate surface area is 182 Å². The lowest BCUT2D eigenvalue weighted by Gasteiger charge is -2.24. The molecule has 4 rings (SSSR count). The molecule has 2 aromatic rings. The van der Waals surface area contributed by atoms with E-state index in [1.165, 1.54) is 0 Å². The van der Waals surface area contributed by atoms with Crippen molar-refractivity contribution >= 4 is 12.0 Å². The van der Waals surface area contributed by atoms with Crippen LogP contribution in [0, 0.1) is 0 Å². The van der Waals surface area contributed by atoms with Crippen LogP contribution < -0.4 is 23.7 Å². The van der Waals surface area contributed by atoms with Crippen molar-refractivity contribution in [1.29, 1.82) is 0 Å². The van der Waals surface area contributed by atoms with E-state index in [-0.39, 0.29) is 11.9 Å². The Morgan fingerprint density at radius 1 is 1.00 bits per heavy atom. The molecule has 0 spiro atoms. The van der Waals surface area contributed by atoms with Gasteiger partial charge >= 0.3 is 0 Å². The molecule has 0 aromatic heterocycles. The number of rotatable bonds is 6.